The summed E-state index contributed by atoms with van der Waals surface area (Å²) in [4.78, 5) is 28.7. The molecule has 2 aliphatic rings. The molecule has 2 amide bonds. The highest BCUT2D eigenvalue weighted by Crippen LogP contribution is 2.50. The molecule has 2 aromatic rings. The maximum Gasteiger partial charge on any atom is 0.251 e. The molecule has 5 nitrogen and oxygen atoms in total. The maximum atomic E-state index is 13.1. The van der Waals surface area contributed by atoms with E-state index in [1.807, 2.05) is 24.3 Å². The molecule has 142 valence electrons. The van der Waals surface area contributed by atoms with E-state index in [-0.39, 0.29) is 5.91 Å². The van der Waals surface area contributed by atoms with Gasteiger partial charge in [0.2, 0.25) is 5.91 Å². The van der Waals surface area contributed by atoms with E-state index >= 15 is 0 Å². The van der Waals surface area contributed by atoms with Crippen molar-refractivity contribution in [3.63, 3.8) is 0 Å². The summed E-state index contributed by atoms with van der Waals surface area (Å²) < 4.78 is 0. The molecule has 2 heterocycles. The molecule has 1 fully saturated rings. The Hall–Kier alpha value is -1.89. The number of hydrogen-bond acceptors (Lipinski definition) is 4. The number of nitrogens with one attached hydrogen (secondary N) is 1. The minimum absolute atomic E-state index is 0.0710. The molecule has 1 saturated carbocycles. The molecule has 0 atom stereocenters. The van der Waals surface area contributed by atoms with Gasteiger partial charge in [0.1, 0.15) is 5.00 Å². The number of benzene rings is 1. The number of carbonyl (C=O) groups is 2. The van der Waals surface area contributed by atoms with Crippen LogP contribution in [0, 0.1) is 0 Å². The average Bonchev–Trinajstić information content (AvgIpc) is 3.38. The molecule has 1 aliphatic heterocycles. The number of thiophene rings is 1. The zero-order valence-corrected chi connectivity index (χ0v) is 16.8. The van der Waals surface area contributed by atoms with Gasteiger partial charge in [-0.2, -0.15) is 0 Å². The molecule has 1 aromatic carbocycles. The van der Waals surface area contributed by atoms with E-state index < -0.39 is 11.3 Å². The Morgan fingerprint density at radius 1 is 1.30 bits per heavy atom. The summed E-state index contributed by atoms with van der Waals surface area (Å²) in [6, 6.07) is 7.43. The minimum Gasteiger partial charge on any atom is -0.365 e. The van der Waals surface area contributed by atoms with Crippen LogP contribution in [0.1, 0.15) is 46.1 Å². The van der Waals surface area contributed by atoms with Crippen LogP contribution in [0.15, 0.2) is 24.3 Å². The maximum absolute atomic E-state index is 13.1. The summed E-state index contributed by atoms with van der Waals surface area (Å²) in [7, 11) is 0. The molecule has 4 rings (SSSR count). The molecular weight excluding hydrogens is 382 g/mol. The third-order valence-corrected chi connectivity index (χ3v) is 7.02. The van der Waals surface area contributed by atoms with E-state index in [9.17, 15) is 9.59 Å². The SMILES string of the molecule is CCN1CCc2c(sc(NC(=O)C3(c4ccc(Cl)cc4)CC3)c2C(N)=O)C1. The van der Waals surface area contributed by atoms with Crippen molar-refractivity contribution in [1.82, 2.24) is 4.90 Å². The number of halogens is 1. The quantitative estimate of drug-likeness (QED) is 0.801. The monoisotopic (exact) mass is 403 g/mol. The number of hydrogen-bond donors (Lipinski definition) is 2. The van der Waals surface area contributed by atoms with Gasteiger partial charge in [0.05, 0.1) is 11.0 Å². The van der Waals surface area contributed by atoms with Gasteiger partial charge in [-0.05, 0) is 49.1 Å². The van der Waals surface area contributed by atoms with Gasteiger partial charge in [0.15, 0.2) is 0 Å². The first-order valence-corrected chi connectivity index (χ1v) is 10.4. The number of anilines is 1. The van der Waals surface area contributed by atoms with Gasteiger partial charge < -0.3 is 11.1 Å². The van der Waals surface area contributed by atoms with Crippen LogP contribution in [0.4, 0.5) is 5.00 Å². The van der Waals surface area contributed by atoms with Gasteiger partial charge in [-0.3, -0.25) is 14.5 Å². The molecule has 3 N–H and O–H groups in total. The van der Waals surface area contributed by atoms with E-state index in [0.29, 0.717) is 15.6 Å². The number of primary amides is 1. The van der Waals surface area contributed by atoms with Gasteiger partial charge in [-0.25, -0.2) is 0 Å². The van der Waals surface area contributed by atoms with Gasteiger partial charge in [-0.1, -0.05) is 30.7 Å². The number of fused-ring (bicyclic) bond motifs is 1. The first-order valence-electron chi connectivity index (χ1n) is 9.19. The molecule has 0 bridgehead atoms. The lowest BCUT2D eigenvalue weighted by atomic mass is 9.95. The number of nitrogens with two attached hydrogens (primary N) is 1. The summed E-state index contributed by atoms with van der Waals surface area (Å²) in [5.41, 5.74) is 7.60. The lowest BCUT2D eigenvalue weighted by Gasteiger charge is -2.25. The zero-order chi connectivity index (χ0) is 19.2. The second-order valence-corrected chi connectivity index (χ2v) is 8.78. The summed E-state index contributed by atoms with van der Waals surface area (Å²) >= 11 is 7.46. The Morgan fingerprint density at radius 2 is 2.00 bits per heavy atom. The molecule has 0 spiro atoms. The van der Waals surface area contributed by atoms with Crippen molar-refractivity contribution >= 4 is 39.8 Å². The largest absolute Gasteiger partial charge is 0.365 e. The van der Waals surface area contributed by atoms with Crippen LogP contribution in [-0.2, 0) is 23.2 Å². The first-order chi connectivity index (χ1) is 12.9. The molecule has 0 radical (unpaired) electrons. The van der Waals surface area contributed by atoms with Crippen molar-refractivity contribution in [2.24, 2.45) is 5.73 Å². The zero-order valence-electron chi connectivity index (χ0n) is 15.2. The number of nitrogens with zero attached hydrogens (tertiary/aromatic N) is 1. The third-order valence-electron chi connectivity index (χ3n) is 5.64. The van der Waals surface area contributed by atoms with Crippen LogP contribution in [-0.4, -0.2) is 29.8 Å². The number of carbonyl (C=O) groups excluding carboxylic acids is 2. The summed E-state index contributed by atoms with van der Waals surface area (Å²) in [6.45, 7) is 4.79. The highest BCUT2D eigenvalue weighted by molar-refractivity contribution is 7.17. The molecule has 7 heteroatoms. The predicted octanol–water partition coefficient (Wildman–Crippen LogP) is 3.55. The van der Waals surface area contributed by atoms with Gasteiger partial charge in [0.25, 0.3) is 5.91 Å². The van der Waals surface area contributed by atoms with E-state index in [2.05, 4.69) is 17.1 Å². The first kappa shape index (κ1) is 18.5. The van der Waals surface area contributed by atoms with E-state index in [1.54, 1.807) is 0 Å². The lowest BCUT2D eigenvalue weighted by Crippen LogP contribution is -2.30. The predicted molar refractivity (Wildman–Crippen MR) is 108 cm³/mol. The second-order valence-electron chi connectivity index (χ2n) is 7.23. The van der Waals surface area contributed by atoms with Crippen LogP contribution in [0.2, 0.25) is 5.02 Å². The Balaban J connectivity index is 1.63. The third kappa shape index (κ3) is 3.26. The smallest absolute Gasteiger partial charge is 0.251 e. The van der Waals surface area contributed by atoms with Crippen molar-refractivity contribution in [3.05, 3.63) is 50.9 Å². The Labute approximate surface area is 167 Å². The van der Waals surface area contributed by atoms with E-state index in [4.69, 9.17) is 17.3 Å². The summed E-state index contributed by atoms with van der Waals surface area (Å²) in [5.74, 6) is -0.539. The summed E-state index contributed by atoms with van der Waals surface area (Å²) in [6.07, 6.45) is 2.37. The van der Waals surface area contributed by atoms with Crippen LogP contribution in [0.5, 0.6) is 0 Å². The number of amides is 2. The van der Waals surface area contributed by atoms with E-state index in [0.717, 1.165) is 54.9 Å². The van der Waals surface area contributed by atoms with Crippen molar-refractivity contribution in [2.75, 3.05) is 18.4 Å². The molecule has 1 aliphatic carbocycles. The van der Waals surface area contributed by atoms with E-state index in [1.165, 1.54) is 11.3 Å². The Bertz CT molecular complexity index is 903. The molecular formula is C20H22ClN3O2S. The van der Waals surface area contributed by atoms with Crippen molar-refractivity contribution < 1.29 is 9.59 Å². The van der Waals surface area contributed by atoms with Crippen LogP contribution >= 0.6 is 22.9 Å². The Morgan fingerprint density at radius 3 is 2.59 bits per heavy atom. The molecule has 1 aromatic heterocycles. The van der Waals surface area contributed by atoms with Crippen molar-refractivity contribution in [1.29, 1.82) is 0 Å². The molecule has 0 unspecified atom stereocenters. The molecule has 0 saturated heterocycles. The molecule has 27 heavy (non-hydrogen) atoms. The Kier molecular flexibility index (Phi) is 4.74. The second kappa shape index (κ2) is 6.93. The fourth-order valence-electron chi connectivity index (χ4n) is 3.84. The summed E-state index contributed by atoms with van der Waals surface area (Å²) in [5, 5.41) is 4.27. The lowest BCUT2D eigenvalue weighted by molar-refractivity contribution is -0.118. The average molecular weight is 404 g/mol. The van der Waals surface area contributed by atoms with Crippen LogP contribution in [0.25, 0.3) is 0 Å². The van der Waals surface area contributed by atoms with Gasteiger partial charge in [0, 0.05) is 23.0 Å². The van der Waals surface area contributed by atoms with Crippen molar-refractivity contribution in [3.8, 4) is 0 Å². The van der Waals surface area contributed by atoms with Crippen molar-refractivity contribution in [2.45, 2.75) is 38.1 Å². The topological polar surface area (TPSA) is 75.4 Å². The standard InChI is InChI=1S/C20H22ClN3O2S/c1-2-24-10-7-14-15(11-24)27-18(16(14)17(22)25)23-19(26)20(8-9-20)12-3-5-13(21)6-4-12/h3-6H,2,7-11H2,1H3,(H2,22,25)(H,23,26). The number of likely N-dealkylation sites (N-methyl/N-ethyl adjacent to an activating group) is 1. The normalized spacial score (nSPS) is 18.0. The van der Waals surface area contributed by atoms with Crippen LogP contribution in [0.3, 0.4) is 0 Å². The fourth-order valence-corrected chi connectivity index (χ4v) is 5.25. The number of rotatable bonds is 5. The van der Waals surface area contributed by atoms with Gasteiger partial charge >= 0.3 is 0 Å². The minimum atomic E-state index is -0.528. The van der Waals surface area contributed by atoms with Gasteiger partial charge in [-0.15, -0.1) is 11.3 Å². The highest BCUT2D eigenvalue weighted by Gasteiger charge is 2.51. The fraction of sp³-hybridized carbons (Fsp3) is 0.400. The highest BCUT2D eigenvalue weighted by atomic mass is 35.5. The van der Waals surface area contributed by atoms with Crippen LogP contribution < -0.4 is 11.1 Å².